The second-order valence-corrected chi connectivity index (χ2v) is 6.23. The molecule has 2 fully saturated rings. The lowest BCUT2D eigenvalue weighted by molar-refractivity contribution is -0.145. The van der Waals surface area contributed by atoms with Crippen LogP contribution in [-0.4, -0.2) is 66.5 Å². The van der Waals surface area contributed by atoms with Crippen LogP contribution in [0.4, 0.5) is 0 Å². The molecule has 2 heterocycles. The average molecular weight is 283 g/mol. The maximum absolute atomic E-state index is 12.4. The van der Waals surface area contributed by atoms with Crippen molar-refractivity contribution in [2.24, 2.45) is 11.7 Å². The van der Waals surface area contributed by atoms with E-state index in [1.165, 1.54) is 0 Å². The predicted octanol–water partition coefficient (Wildman–Crippen LogP) is -0.179. The number of carbonyl (C=O) groups is 2. The van der Waals surface area contributed by atoms with Crippen LogP contribution >= 0.6 is 0 Å². The summed E-state index contributed by atoms with van der Waals surface area (Å²) in [6.45, 7) is 7.33. The van der Waals surface area contributed by atoms with Crippen LogP contribution in [0, 0.1) is 5.92 Å². The molecule has 6 heteroatoms. The van der Waals surface area contributed by atoms with Gasteiger partial charge >= 0.3 is 0 Å². The molecular formula is C14H25N3O3. The van der Waals surface area contributed by atoms with Crippen LogP contribution in [0.25, 0.3) is 0 Å². The van der Waals surface area contributed by atoms with Crippen LogP contribution in [0.5, 0.6) is 0 Å². The Bertz CT molecular complexity index is 364. The summed E-state index contributed by atoms with van der Waals surface area (Å²) in [6.07, 6.45) is 1.47. The first-order chi connectivity index (χ1) is 9.39. The minimum absolute atomic E-state index is 0.0326. The van der Waals surface area contributed by atoms with Crippen molar-refractivity contribution in [3.05, 3.63) is 0 Å². The molecular weight excluding hydrogens is 258 g/mol. The van der Waals surface area contributed by atoms with E-state index in [0.717, 1.165) is 12.8 Å². The van der Waals surface area contributed by atoms with Crippen LogP contribution in [-0.2, 0) is 14.3 Å². The molecule has 0 spiro atoms. The third-order valence-electron chi connectivity index (χ3n) is 4.01. The number of hydrogen-bond donors (Lipinski definition) is 1. The lowest BCUT2D eigenvalue weighted by Gasteiger charge is -2.37. The van der Waals surface area contributed by atoms with E-state index in [-0.39, 0.29) is 17.7 Å². The zero-order chi connectivity index (χ0) is 14.8. The Hall–Kier alpha value is -1.14. The number of rotatable bonds is 2. The first-order valence-corrected chi connectivity index (χ1v) is 7.34. The summed E-state index contributed by atoms with van der Waals surface area (Å²) < 4.78 is 5.26. The van der Waals surface area contributed by atoms with Crippen molar-refractivity contribution in [2.75, 3.05) is 39.4 Å². The number of likely N-dealkylation sites (tertiary alicyclic amines) is 1. The van der Waals surface area contributed by atoms with Crippen molar-refractivity contribution in [1.29, 1.82) is 0 Å². The Balaban J connectivity index is 1.84. The zero-order valence-electron chi connectivity index (χ0n) is 12.4. The summed E-state index contributed by atoms with van der Waals surface area (Å²) in [6, 6.07) is 0. The Morgan fingerprint density at radius 3 is 2.10 bits per heavy atom. The van der Waals surface area contributed by atoms with Crippen molar-refractivity contribution >= 4 is 11.8 Å². The van der Waals surface area contributed by atoms with E-state index >= 15 is 0 Å². The molecule has 2 aliphatic rings. The molecule has 0 aliphatic carbocycles. The normalized spacial score (nSPS) is 21.9. The highest BCUT2D eigenvalue weighted by Crippen LogP contribution is 2.21. The molecule has 0 radical (unpaired) electrons. The van der Waals surface area contributed by atoms with Gasteiger partial charge in [0.15, 0.2) is 0 Å². The SMILES string of the molecule is CC(C)(N)C(=O)N1CCC(C(=O)N2CCOCC2)CC1. The summed E-state index contributed by atoms with van der Waals surface area (Å²) in [5, 5.41) is 0. The van der Waals surface area contributed by atoms with Gasteiger partial charge in [-0.1, -0.05) is 0 Å². The Labute approximate surface area is 120 Å². The number of nitrogens with two attached hydrogens (primary N) is 1. The molecule has 2 N–H and O–H groups in total. The topological polar surface area (TPSA) is 75.9 Å². The van der Waals surface area contributed by atoms with Crippen LogP contribution in [0.15, 0.2) is 0 Å². The third-order valence-corrected chi connectivity index (χ3v) is 4.01. The smallest absolute Gasteiger partial charge is 0.242 e. The fourth-order valence-corrected chi connectivity index (χ4v) is 2.78. The van der Waals surface area contributed by atoms with Gasteiger partial charge in [-0.05, 0) is 26.7 Å². The van der Waals surface area contributed by atoms with Crippen molar-refractivity contribution in [2.45, 2.75) is 32.2 Å². The number of carbonyl (C=O) groups excluding carboxylic acids is 2. The fraction of sp³-hybridized carbons (Fsp3) is 0.857. The summed E-state index contributed by atoms with van der Waals surface area (Å²) in [7, 11) is 0. The number of amides is 2. The maximum atomic E-state index is 12.4. The van der Waals surface area contributed by atoms with Crippen molar-refractivity contribution in [1.82, 2.24) is 9.80 Å². The number of ether oxygens (including phenoxy) is 1. The Morgan fingerprint density at radius 1 is 1.05 bits per heavy atom. The van der Waals surface area contributed by atoms with Gasteiger partial charge in [0.05, 0.1) is 18.8 Å². The van der Waals surface area contributed by atoms with E-state index in [2.05, 4.69) is 0 Å². The van der Waals surface area contributed by atoms with E-state index in [1.54, 1.807) is 18.7 Å². The maximum Gasteiger partial charge on any atom is 0.242 e. The average Bonchev–Trinajstić information content (AvgIpc) is 2.46. The highest BCUT2D eigenvalue weighted by atomic mass is 16.5. The molecule has 114 valence electrons. The first kappa shape index (κ1) is 15.3. The molecule has 6 nitrogen and oxygen atoms in total. The standard InChI is InChI=1S/C14H25N3O3/c1-14(2,15)13(19)17-5-3-11(4-6-17)12(18)16-7-9-20-10-8-16/h11H,3-10,15H2,1-2H3. The van der Waals surface area contributed by atoms with Gasteiger partial charge in [-0.25, -0.2) is 0 Å². The molecule has 0 aromatic carbocycles. The lowest BCUT2D eigenvalue weighted by atomic mass is 9.93. The van der Waals surface area contributed by atoms with Gasteiger partial charge in [-0.2, -0.15) is 0 Å². The largest absolute Gasteiger partial charge is 0.378 e. The Morgan fingerprint density at radius 2 is 1.60 bits per heavy atom. The molecule has 0 unspecified atom stereocenters. The van der Waals surface area contributed by atoms with E-state index in [4.69, 9.17) is 10.5 Å². The lowest BCUT2D eigenvalue weighted by Crippen LogP contribution is -2.54. The van der Waals surface area contributed by atoms with Crippen molar-refractivity contribution in [3.63, 3.8) is 0 Å². The molecule has 2 aliphatic heterocycles. The molecule has 0 bridgehead atoms. The second kappa shape index (κ2) is 6.10. The van der Waals surface area contributed by atoms with Gasteiger partial charge < -0.3 is 20.3 Å². The zero-order valence-corrected chi connectivity index (χ0v) is 12.4. The number of morpholine rings is 1. The molecule has 2 rings (SSSR count). The van der Waals surface area contributed by atoms with Crippen LogP contribution < -0.4 is 5.73 Å². The Kier molecular flexibility index (Phi) is 4.65. The monoisotopic (exact) mass is 283 g/mol. The minimum Gasteiger partial charge on any atom is -0.378 e. The van der Waals surface area contributed by atoms with E-state index in [9.17, 15) is 9.59 Å². The first-order valence-electron chi connectivity index (χ1n) is 7.34. The molecule has 0 aromatic heterocycles. The van der Waals surface area contributed by atoms with Gasteiger partial charge in [0.25, 0.3) is 0 Å². The van der Waals surface area contributed by atoms with Crippen LogP contribution in [0.1, 0.15) is 26.7 Å². The van der Waals surface area contributed by atoms with E-state index in [1.807, 2.05) is 4.90 Å². The van der Waals surface area contributed by atoms with E-state index in [0.29, 0.717) is 39.4 Å². The molecule has 0 saturated carbocycles. The number of piperidine rings is 1. The third kappa shape index (κ3) is 3.49. The van der Waals surface area contributed by atoms with Crippen LogP contribution in [0.3, 0.4) is 0 Å². The number of nitrogens with zero attached hydrogens (tertiary/aromatic N) is 2. The van der Waals surface area contributed by atoms with E-state index < -0.39 is 5.54 Å². The minimum atomic E-state index is -0.832. The van der Waals surface area contributed by atoms with Crippen molar-refractivity contribution in [3.8, 4) is 0 Å². The highest BCUT2D eigenvalue weighted by molar-refractivity contribution is 5.85. The molecule has 0 atom stereocenters. The second-order valence-electron chi connectivity index (χ2n) is 6.23. The quantitative estimate of drug-likeness (QED) is 0.763. The highest BCUT2D eigenvalue weighted by Gasteiger charge is 2.34. The van der Waals surface area contributed by atoms with Crippen molar-refractivity contribution < 1.29 is 14.3 Å². The summed E-state index contributed by atoms with van der Waals surface area (Å²) in [4.78, 5) is 28.1. The molecule has 2 saturated heterocycles. The number of hydrogen-bond acceptors (Lipinski definition) is 4. The van der Waals surface area contributed by atoms with Gasteiger partial charge in [-0.3, -0.25) is 9.59 Å². The van der Waals surface area contributed by atoms with Gasteiger partial charge in [0.1, 0.15) is 0 Å². The fourth-order valence-electron chi connectivity index (χ4n) is 2.78. The van der Waals surface area contributed by atoms with Crippen LogP contribution in [0.2, 0.25) is 0 Å². The van der Waals surface area contributed by atoms with Gasteiger partial charge in [-0.15, -0.1) is 0 Å². The molecule has 2 amide bonds. The predicted molar refractivity (Wildman–Crippen MR) is 75.0 cm³/mol. The summed E-state index contributed by atoms with van der Waals surface area (Å²) in [5.41, 5.74) is 5.01. The molecule has 0 aromatic rings. The molecule has 20 heavy (non-hydrogen) atoms. The summed E-state index contributed by atoms with van der Waals surface area (Å²) in [5.74, 6) is 0.222. The van der Waals surface area contributed by atoms with Gasteiger partial charge in [0.2, 0.25) is 11.8 Å². The van der Waals surface area contributed by atoms with Gasteiger partial charge in [0, 0.05) is 32.1 Å². The summed E-state index contributed by atoms with van der Waals surface area (Å²) >= 11 is 0.